The monoisotopic (exact) mass is 575 g/mol. The van der Waals surface area contributed by atoms with E-state index in [2.05, 4.69) is 10.6 Å². The van der Waals surface area contributed by atoms with E-state index >= 15 is 0 Å². The van der Waals surface area contributed by atoms with Gasteiger partial charge < -0.3 is 15.4 Å². The molecule has 1 aliphatic rings. The molecule has 1 heterocycles. The number of imide groups is 1. The highest BCUT2D eigenvalue weighted by Gasteiger charge is 2.36. The molecule has 0 radical (unpaired) electrons. The molecule has 40 heavy (non-hydrogen) atoms. The standard InChI is InChI=1S/C29H25N3O6S2/c1-18-6-12-21(13-7-18)30-26(34)17-38-28(36)20-10-8-19(9-11-20)14-24-27(35)32(29(37)40-24)16-25(33)31-22-4-3-5-23(15-22)39-2/h3-15H,16-17H2,1-2H3,(H,30,34)(H,31,33)/b24-14-. The average Bonchev–Trinajstić information content (AvgIpc) is 3.20. The van der Waals surface area contributed by atoms with Crippen LogP contribution < -0.4 is 10.6 Å². The van der Waals surface area contributed by atoms with E-state index in [9.17, 15) is 24.0 Å². The van der Waals surface area contributed by atoms with Crippen molar-refractivity contribution in [2.24, 2.45) is 0 Å². The van der Waals surface area contributed by atoms with Crippen LogP contribution in [0.2, 0.25) is 0 Å². The Balaban J connectivity index is 1.30. The topological polar surface area (TPSA) is 122 Å². The zero-order valence-corrected chi connectivity index (χ0v) is 23.3. The van der Waals surface area contributed by atoms with E-state index in [1.54, 1.807) is 42.5 Å². The molecule has 0 unspecified atom stereocenters. The number of aryl methyl sites for hydroxylation is 1. The number of nitrogens with one attached hydrogen (secondary N) is 2. The first kappa shape index (κ1) is 28.7. The Hall–Kier alpha value is -4.35. The molecular formula is C29H25N3O6S2. The molecule has 204 valence electrons. The van der Waals surface area contributed by atoms with Gasteiger partial charge in [0.1, 0.15) is 6.54 Å². The summed E-state index contributed by atoms with van der Waals surface area (Å²) in [4.78, 5) is 64.1. The van der Waals surface area contributed by atoms with E-state index in [0.717, 1.165) is 27.1 Å². The Bertz CT molecular complexity index is 1490. The summed E-state index contributed by atoms with van der Waals surface area (Å²) in [5, 5.41) is 4.80. The summed E-state index contributed by atoms with van der Waals surface area (Å²) in [6.07, 6.45) is 3.43. The third-order valence-corrected chi connectivity index (χ3v) is 7.28. The van der Waals surface area contributed by atoms with Crippen LogP contribution in [0.5, 0.6) is 0 Å². The van der Waals surface area contributed by atoms with Crippen molar-refractivity contribution in [2.75, 3.05) is 30.0 Å². The van der Waals surface area contributed by atoms with Crippen molar-refractivity contribution in [1.29, 1.82) is 0 Å². The fourth-order valence-corrected chi connectivity index (χ4v) is 4.89. The van der Waals surface area contributed by atoms with Crippen molar-refractivity contribution in [1.82, 2.24) is 4.90 Å². The van der Waals surface area contributed by atoms with Gasteiger partial charge in [0.25, 0.3) is 17.1 Å². The first-order chi connectivity index (χ1) is 19.2. The van der Waals surface area contributed by atoms with Crippen LogP contribution in [0.15, 0.2) is 82.6 Å². The molecule has 11 heteroatoms. The lowest BCUT2D eigenvalue weighted by Gasteiger charge is -2.12. The lowest BCUT2D eigenvalue weighted by Crippen LogP contribution is -2.36. The fourth-order valence-electron chi connectivity index (χ4n) is 3.60. The van der Waals surface area contributed by atoms with Gasteiger partial charge in [0.2, 0.25) is 5.91 Å². The van der Waals surface area contributed by atoms with Crippen LogP contribution in [-0.4, -0.2) is 53.2 Å². The first-order valence-electron chi connectivity index (χ1n) is 12.0. The highest BCUT2D eigenvalue weighted by atomic mass is 32.2. The molecule has 0 atom stereocenters. The quantitative estimate of drug-likeness (QED) is 0.203. The Labute approximate surface area is 239 Å². The minimum atomic E-state index is -0.681. The Morgan fingerprint density at radius 2 is 1.62 bits per heavy atom. The van der Waals surface area contributed by atoms with Crippen LogP contribution in [0.1, 0.15) is 21.5 Å². The third kappa shape index (κ3) is 7.61. The molecule has 4 rings (SSSR count). The van der Waals surface area contributed by atoms with Gasteiger partial charge in [0.15, 0.2) is 6.61 Å². The van der Waals surface area contributed by atoms with Gasteiger partial charge in [-0.2, -0.15) is 0 Å². The highest BCUT2D eigenvalue weighted by molar-refractivity contribution is 8.18. The van der Waals surface area contributed by atoms with E-state index in [1.807, 2.05) is 31.4 Å². The molecule has 0 aliphatic carbocycles. The number of hydrogen-bond acceptors (Lipinski definition) is 8. The van der Waals surface area contributed by atoms with Crippen molar-refractivity contribution < 1.29 is 28.7 Å². The van der Waals surface area contributed by atoms with Crippen molar-refractivity contribution in [3.8, 4) is 0 Å². The zero-order chi connectivity index (χ0) is 28.6. The normalized spacial score (nSPS) is 13.8. The number of amides is 4. The number of thioether (sulfide) groups is 2. The largest absolute Gasteiger partial charge is 0.452 e. The summed E-state index contributed by atoms with van der Waals surface area (Å²) in [6, 6.07) is 20.6. The summed E-state index contributed by atoms with van der Waals surface area (Å²) >= 11 is 2.26. The number of hydrogen-bond donors (Lipinski definition) is 2. The van der Waals surface area contributed by atoms with Gasteiger partial charge in [-0.05, 0) is 79.0 Å². The Morgan fingerprint density at radius 1 is 0.925 bits per heavy atom. The van der Waals surface area contributed by atoms with Crippen molar-refractivity contribution in [2.45, 2.75) is 11.8 Å². The van der Waals surface area contributed by atoms with Crippen LogP contribution >= 0.6 is 23.5 Å². The van der Waals surface area contributed by atoms with Crippen LogP contribution in [0.25, 0.3) is 6.08 Å². The summed E-state index contributed by atoms with van der Waals surface area (Å²) in [7, 11) is 0. The fraction of sp³-hybridized carbons (Fsp3) is 0.138. The van der Waals surface area contributed by atoms with E-state index in [0.29, 0.717) is 16.9 Å². The van der Waals surface area contributed by atoms with Crippen LogP contribution in [-0.2, 0) is 19.1 Å². The van der Waals surface area contributed by atoms with Crippen LogP contribution in [0, 0.1) is 6.92 Å². The van der Waals surface area contributed by atoms with E-state index < -0.39 is 42.1 Å². The van der Waals surface area contributed by atoms with Crippen LogP contribution in [0.4, 0.5) is 16.2 Å². The molecule has 0 bridgehead atoms. The predicted octanol–water partition coefficient (Wildman–Crippen LogP) is 5.19. The van der Waals surface area contributed by atoms with Gasteiger partial charge >= 0.3 is 5.97 Å². The molecule has 0 saturated carbocycles. The smallest absolute Gasteiger partial charge is 0.338 e. The molecule has 0 aromatic heterocycles. The molecule has 3 aromatic carbocycles. The minimum absolute atomic E-state index is 0.158. The maximum absolute atomic E-state index is 12.8. The van der Waals surface area contributed by atoms with Gasteiger partial charge in [-0.3, -0.25) is 24.1 Å². The van der Waals surface area contributed by atoms with Crippen molar-refractivity contribution >= 4 is 69.9 Å². The van der Waals surface area contributed by atoms with Gasteiger partial charge in [0.05, 0.1) is 10.5 Å². The number of carbonyl (C=O) groups is 5. The van der Waals surface area contributed by atoms with Gasteiger partial charge in [0, 0.05) is 16.3 Å². The molecule has 4 amide bonds. The van der Waals surface area contributed by atoms with Crippen molar-refractivity contribution in [3.05, 3.63) is 94.4 Å². The molecule has 3 aromatic rings. The SMILES string of the molecule is CSc1cccc(NC(=O)CN2C(=O)S/C(=C\c3ccc(C(=O)OCC(=O)Nc4ccc(C)cc4)cc3)C2=O)c1. The summed E-state index contributed by atoms with van der Waals surface area (Å²) in [6.45, 7) is 1.08. The summed E-state index contributed by atoms with van der Waals surface area (Å²) < 4.78 is 5.08. The van der Waals surface area contributed by atoms with E-state index in [4.69, 9.17) is 4.74 Å². The number of ether oxygens (including phenoxy) is 1. The Kier molecular flexibility index (Phi) is 9.41. The molecule has 1 saturated heterocycles. The number of anilines is 2. The molecule has 1 fully saturated rings. The van der Waals surface area contributed by atoms with Gasteiger partial charge in [-0.15, -0.1) is 11.8 Å². The Morgan fingerprint density at radius 3 is 2.33 bits per heavy atom. The highest BCUT2D eigenvalue weighted by Crippen LogP contribution is 2.32. The van der Waals surface area contributed by atoms with Gasteiger partial charge in [-0.25, -0.2) is 4.79 Å². The molecule has 2 N–H and O–H groups in total. The molecule has 9 nitrogen and oxygen atoms in total. The number of carbonyl (C=O) groups excluding carboxylic acids is 5. The number of benzene rings is 3. The maximum Gasteiger partial charge on any atom is 0.338 e. The second-order valence-electron chi connectivity index (χ2n) is 8.66. The number of rotatable bonds is 9. The zero-order valence-electron chi connectivity index (χ0n) is 21.6. The average molecular weight is 576 g/mol. The second kappa shape index (κ2) is 13.1. The van der Waals surface area contributed by atoms with Crippen LogP contribution in [0.3, 0.4) is 0 Å². The number of nitrogens with zero attached hydrogens (tertiary/aromatic N) is 1. The predicted molar refractivity (Wildman–Crippen MR) is 156 cm³/mol. The van der Waals surface area contributed by atoms with Gasteiger partial charge in [-0.1, -0.05) is 35.9 Å². The first-order valence-corrected chi connectivity index (χ1v) is 14.1. The van der Waals surface area contributed by atoms with E-state index in [-0.39, 0.29) is 10.5 Å². The number of esters is 1. The van der Waals surface area contributed by atoms with E-state index in [1.165, 1.54) is 30.0 Å². The molecule has 0 spiro atoms. The summed E-state index contributed by atoms with van der Waals surface area (Å²) in [5.41, 5.74) is 3.01. The lowest BCUT2D eigenvalue weighted by atomic mass is 10.1. The van der Waals surface area contributed by atoms with Crippen molar-refractivity contribution in [3.63, 3.8) is 0 Å². The molecule has 1 aliphatic heterocycles. The molecular weight excluding hydrogens is 550 g/mol. The lowest BCUT2D eigenvalue weighted by molar-refractivity contribution is -0.127. The summed E-state index contributed by atoms with van der Waals surface area (Å²) in [5.74, 6) is -2.21. The minimum Gasteiger partial charge on any atom is -0.452 e. The second-order valence-corrected chi connectivity index (χ2v) is 10.5. The maximum atomic E-state index is 12.8. The third-order valence-electron chi connectivity index (χ3n) is 5.64.